The van der Waals surface area contributed by atoms with Crippen molar-refractivity contribution >= 4 is 27.9 Å². The number of rotatable bonds is 3. The van der Waals surface area contributed by atoms with E-state index in [4.69, 9.17) is 4.74 Å². The van der Waals surface area contributed by atoms with Crippen molar-refractivity contribution in [3.8, 4) is 16.3 Å². The number of amides is 1. The number of nitrogens with one attached hydrogen (secondary N) is 1. The fraction of sp³-hybridized carbons (Fsp3) is 0.375. The molecule has 0 saturated heterocycles. The molecular formula is C16H19N5O2S. The molecule has 2 heterocycles. The average molecular weight is 345 g/mol. The normalized spacial score (nSPS) is 11.7. The number of carbonyl (C=O) groups excluding carboxylic acids is 1. The number of aromatic nitrogens is 4. The maximum absolute atomic E-state index is 12.3. The lowest BCUT2D eigenvalue weighted by molar-refractivity contribution is -0.123. The zero-order valence-electron chi connectivity index (χ0n) is 14.2. The molecule has 1 N–H and O–H groups in total. The molecular weight excluding hydrogens is 326 g/mol. The third-order valence-electron chi connectivity index (χ3n) is 3.52. The summed E-state index contributed by atoms with van der Waals surface area (Å²) in [7, 11) is 1.58. The van der Waals surface area contributed by atoms with Gasteiger partial charge in [0.1, 0.15) is 10.8 Å². The van der Waals surface area contributed by atoms with Gasteiger partial charge in [-0.15, -0.1) is 10.2 Å². The molecule has 1 amide bonds. The molecule has 3 aromatic rings. The van der Waals surface area contributed by atoms with Crippen LogP contribution in [0.25, 0.3) is 15.5 Å². The number of aryl methyl sites for hydroxylation is 1. The largest absolute Gasteiger partial charge is 0.495 e. The van der Waals surface area contributed by atoms with E-state index in [0.717, 1.165) is 21.4 Å². The number of nitrogens with zero attached hydrogens (tertiary/aromatic N) is 4. The van der Waals surface area contributed by atoms with E-state index in [0.29, 0.717) is 11.4 Å². The van der Waals surface area contributed by atoms with Gasteiger partial charge in [0.05, 0.1) is 12.8 Å². The summed E-state index contributed by atoms with van der Waals surface area (Å²) in [4.78, 5) is 13.0. The Labute approximate surface area is 143 Å². The molecule has 0 aliphatic carbocycles. The number of ether oxygens (including phenoxy) is 1. The van der Waals surface area contributed by atoms with E-state index >= 15 is 0 Å². The fourth-order valence-corrected chi connectivity index (χ4v) is 2.96. The van der Waals surface area contributed by atoms with Crippen molar-refractivity contribution in [2.45, 2.75) is 27.7 Å². The summed E-state index contributed by atoms with van der Waals surface area (Å²) in [6.45, 7) is 7.45. The predicted octanol–water partition coefficient (Wildman–Crippen LogP) is 3.15. The molecule has 3 rings (SSSR count). The molecule has 8 heteroatoms. The molecule has 0 atom stereocenters. The van der Waals surface area contributed by atoms with Gasteiger partial charge in [-0.25, -0.2) is 0 Å². The van der Waals surface area contributed by atoms with Crippen molar-refractivity contribution in [3.63, 3.8) is 0 Å². The Morgan fingerprint density at radius 1 is 1.29 bits per heavy atom. The Morgan fingerprint density at radius 3 is 2.67 bits per heavy atom. The van der Waals surface area contributed by atoms with Crippen LogP contribution >= 0.6 is 11.3 Å². The van der Waals surface area contributed by atoms with E-state index in [1.54, 1.807) is 11.6 Å². The molecule has 0 aliphatic heterocycles. The van der Waals surface area contributed by atoms with E-state index in [-0.39, 0.29) is 5.91 Å². The average Bonchev–Trinajstić information content (AvgIpc) is 3.09. The molecule has 0 spiro atoms. The quantitative estimate of drug-likeness (QED) is 0.788. The van der Waals surface area contributed by atoms with E-state index in [1.165, 1.54) is 11.3 Å². The lowest BCUT2D eigenvalue weighted by atomic mass is 9.95. The molecule has 0 radical (unpaired) electrons. The Morgan fingerprint density at radius 2 is 2.04 bits per heavy atom. The first-order chi connectivity index (χ1) is 11.3. The monoisotopic (exact) mass is 345 g/mol. The van der Waals surface area contributed by atoms with Crippen molar-refractivity contribution < 1.29 is 9.53 Å². The van der Waals surface area contributed by atoms with Gasteiger partial charge < -0.3 is 10.1 Å². The Hall–Kier alpha value is -2.48. The zero-order chi connectivity index (χ0) is 17.5. The number of hydrogen-bond acceptors (Lipinski definition) is 6. The van der Waals surface area contributed by atoms with Crippen LogP contribution in [0.5, 0.6) is 5.75 Å². The Bertz CT molecular complexity index is 907. The van der Waals surface area contributed by atoms with Gasteiger partial charge in [0.2, 0.25) is 10.9 Å². The molecule has 0 fully saturated rings. The highest BCUT2D eigenvalue weighted by molar-refractivity contribution is 7.19. The lowest BCUT2D eigenvalue weighted by Gasteiger charge is -2.19. The van der Waals surface area contributed by atoms with E-state index in [9.17, 15) is 4.79 Å². The van der Waals surface area contributed by atoms with Crippen LogP contribution in [0.15, 0.2) is 18.2 Å². The molecule has 0 aliphatic rings. The summed E-state index contributed by atoms with van der Waals surface area (Å²) in [5, 5.41) is 16.3. The van der Waals surface area contributed by atoms with Crippen LogP contribution in [-0.2, 0) is 4.79 Å². The number of methoxy groups -OCH3 is 1. The van der Waals surface area contributed by atoms with Gasteiger partial charge in [0, 0.05) is 11.0 Å². The minimum atomic E-state index is -0.494. The van der Waals surface area contributed by atoms with Crippen LogP contribution in [0.2, 0.25) is 0 Å². The summed E-state index contributed by atoms with van der Waals surface area (Å²) < 4.78 is 7.06. The lowest BCUT2D eigenvalue weighted by Crippen LogP contribution is -2.27. The maximum Gasteiger partial charge on any atom is 0.234 e. The van der Waals surface area contributed by atoms with Gasteiger partial charge in [-0.2, -0.15) is 9.61 Å². The van der Waals surface area contributed by atoms with E-state index < -0.39 is 5.41 Å². The Kier molecular flexibility index (Phi) is 4.00. The topological polar surface area (TPSA) is 81.4 Å². The second-order valence-electron chi connectivity index (χ2n) is 6.47. The summed E-state index contributed by atoms with van der Waals surface area (Å²) in [6.07, 6.45) is 0. The second kappa shape index (κ2) is 5.86. The van der Waals surface area contributed by atoms with Gasteiger partial charge in [-0.1, -0.05) is 32.1 Å². The fourth-order valence-electron chi connectivity index (χ4n) is 2.08. The van der Waals surface area contributed by atoms with Crippen molar-refractivity contribution in [2.75, 3.05) is 12.4 Å². The number of anilines is 1. The van der Waals surface area contributed by atoms with Gasteiger partial charge in [-0.3, -0.25) is 4.79 Å². The molecule has 126 valence electrons. The number of benzene rings is 1. The predicted molar refractivity (Wildman–Crippen MR) is 93.5 cm³/mol. The van der Waals surface area contributed by atoms with Crippen LogP contribution in [-0.4, -0.2) is 32.8 Å². The standard InChI is InChI=1S/C16H19N5O2S/c1-9-18-19-15-21(9)20-13(24-15)10-6-7-12(23-5)11(8-10)17-14(22)16(2,3)4/h6-8H,1-5H3,(H,17,22). The first-order valence-electron chi connectivity index (χ1n) is 7.48. The third-order valence-corrected chi connectivity index (χ3v) is 4.47. The molecule has 7 nitrogen and oxygen atoms in total. The summed E-state index contributed by atoms with van der Waals surface area (Å²) in [5.41, 5.74) is 1.01. The smallest absolute Gasteiger partial charge is 0.234 e. The maximum atomic E-state index is 12.3. The molecule has 2 aromatic heterocycles. The molecule has 0 saturated carbocycles. The molecule has 24 heavy (non-hydrogen) atoms. The number of hydrogen-bond donors (Lipinski definition) is 1. The third kappa shape index (κ3) is 2.96. The molecule has 1 aromatic carbocycles. The van der Waals surface area contributed by atoms with Gasteiger partial charge in [-0.05, 0) is 25.1 Å². The Balaban J connectivity index is 2.00. The van der Waals surface area contributed by atoms with Crippen molar-refractivity contribution in [2.24, 2.45) is 5.41 Å². The summed E-state index contributed by atoms with van der Waals surface area (Å²) in [6, 6.07) is 5.60. The van der Waals surface area contributed by atoms with Crippen LogP contribution in [0.4, 0.5) is 5.69 Å². The van der Waals surface area contributed by atoms with Crippen molar-refractivity contribution in [1.29, 1.82) is 0 Å². The van der Waals surface area contributed by atoms with Crippen LogP contribution < -0.4 is 10.1 Å². The van der Waals surface area contributed by atoms with Crippen LogP contribution in [0.3, 0.4) is 0 Å². The zero-order valence-corrected chi connectivity index (χ0v) is 15.1. The van der Waals surface area contributed by atoms with Gasteiger partial charge >= 0.3 is 0 Å². The first-order valence-corrected chi connectivity index (χ1v) is 8.30. The van der Waals surface area contributed by atoms with Gasteiger partial charge in [0.15, 0.2) is 5.82 Å². The highest BCUT2D eigenvalue weighted by atomic mass is 32.1. The second-order valence-corrected chi connectivity index (χ2v) is 7.42. The van der Waals surface area contributed by atoms with Gasteiger partial charge in [0.25, 0.3) is 0 Å². The highest BCUT2D eigenvalue weighted by Gasteiger charge is 2.23. The van der Waals surface area contributed by atoms with E-state index in [1.807, 2.05) is 45.9 Å². The molecule has 0 unspecified atom stereocenters. The summed E-state index contributed by atoms with van der Waals surface area (Å²) in [5.74, 6) is 1.27. The summed E-state index contributed by atoms with van der Waals surface area (Å²) >= 11 is 1.44. The SMILES string of the molecule is COc1ccc(-c2nn3c(C)nnc3s2)cc1NC(=O)C(C)(C)C. The van der Waals surface area contributed by atoms with Crippen LogP contribution in [0.1, 0.15) is 26.6 Å². The van der Waals surface area contributed by atoms with Crippen molar-refractivity contribution in [3.05, 3.63) is 24.0 Å². The van der Waals surface area contributed by atoms with E-state index in [2.05, 4.69) is 20.6 Å². The number of fused-ring (bicyclic) bond motifs is 1. The highest BCUT2D eigenvalue weighted by Crippen LogP contribution is 2.33. The first kappa shape index (κ1) is 16.4. The number of carbonyl (C=O) groups is 1. The molecule has 0 bridgehead atoms. The van der Waals surface area contributed by atoms with Crippen molar-refractivity contribution in [1.82, 2.24) is 19.8 Å². The minimum Gasteiger partial charge on any atom is -0.495 e. The van der Waals surface area contributed by atoms with Crippen LogP contribution in [0, 0.1) is 12.3 Å². The minimum absolute atomic E-state index is 0.0769.